The van der Waals surface area contributed by atoms with Gasteiger partial charge in [0.1, 0.15) is 5.82 Å². The van der Waals surface area contributed by atoms with Crippen LogP contribution in [0.15, 0.2) is 36.4 Å². The maximum absolute atomic E-state index is 14.5. The van der Waals surface area contributed by atoms with E-state index in [4.69, 9.17) is 4.74 Å². The number of ether oxygens (including phenoxy) is 1. The molecular formula is C22H27FN4O. The second-order valence-corrected chi connectivity index (χ2v) is 7.60. The largest absolute Gasteiger partial charge is 0.490 e. The molecular weight excluding hydrogens is 355 g/mol. The normalized spacial score (nSPS) is 16.0. The third-order valence-corrected chi connectivity index (χ3v) is 5.31. The van der Waals surface area contributed by atoms with Gasteiger partial charge in [-0.15, -0.1) is 0 Å². The SMILES string of the molecule is Cc1ccc2nc(-c3ccc(OCCCN4CCN(C)CC4)c(F)c3)[nH]c2c1. The van der Waals surface area contributed by atoms with Gasteiger partial charge < -0.3 is 19.5 Å². The Balaban J connectivity index is 1.34. The number of rotatable bonds is 6. The van der Waals surface area contributed by atoms with Crippen LogP contribution in [-0.4, -0.2) is 66.1 Å². The monoisotopic (exact) mass is 382 g/mol. The van der Waals surface area contributed by atoms with Crippen molar-refractivity contribution in [2.75, 3.05) is 46.4 Å². The molecule has 0 radical (unpaired) electrons. The van der Waals surface area contributed by atoms with E-state index in [1.807, 2.05) is 31.2 Å². The minimum absolute atomic E-state index is 0.300. The van der Waals surface area contributed by atoms with Gasteiger partial charge in [0.15, 0.2) is 11.6 Å². The van der Waals surface area contributed by atoms with E-state index in [9.17, 15) is 4.39 Å². The van der Waals surface area contributed by atoms with E-state index in [0.717, 1.165) is 61.3 Å². The highest BCUT2D eigenvalue weighted by molar-refractivity contribution is 5.80. The molecule has 4 rings (SSSR count). The predicted octanol–water partition coefficient (Wildman–Crippen LogP) is 3.69. The van der Waals surface area contributed by atoms with E-state index in [0.29, 0.717) is 18.2 Å². The van der Waals surface area contributed by atoms with Crippen molar-refractivity contribution < 1.29 is 9.13 Å². The van der Waals surface area contributed by atoms with Crippen molar-refractivity contribution in [3.05, 3.63) is 47.8 Å². The minimum Gasteiger partial charge on any atom is -0.490 e. The first-order valence-corrected chi connectivity index (χ1v) is 9.88. The average Bonchev–Trinajstić information content (AvgIpc) is 3.11. The fraction of sp³-hybridized carbons (Fsp3) is 0.409. The zero-order valence-corrected chi connectivity index (χ0v) is 16.5. The van der Waals surface area contributed by atoms with Crippen molar-refractivity contribution in [1.29, 1.82) is 0 Å². The first-order chi connectivity index (χ1) is 13.6. The van der Waals surface area contributed by atoms with Crippen molar-refractivity contribution in [1.82, 2.24) is 19.8 Å². The molecule has 2 aromatic carbocycles. The fourth-order valence-corrected chi connectivity index (χ4v) is 3.57. The number of aromatic nitrogens is 2. The Labute approximate surface area is 165 Å². The van der Waals surface area contributed by atoms with Gasteiger partial charge in [-0.1, -0.05) is 6.07 Å². The molecule has 0 amide bonds. The maximum Gasteiger partial charge on any atom is 0.165 e. The minimum atomic E-state index is -0.353. The number of hydrogen-bond acceptors (Lipinski definition) is 4. The Hall–Kier alpha value is -2.44. The molecule has 28 heavy (non-hydrogen) atoms. The van der Waals surface area contributed by atoms with Crippen molar-refractivity contribution in [3.8, 4) is 17.1 Å². The average molecular weight is 382 g/mol. The van der Waals surface area contributed by atoms with Gasteiger partial charge >= 0.3 is 0 Å². The quantitative estimate of drug-likeness (QED) is 0.661. The zero-order chi connectivity index (χ0) is 19.5. The number of nitrogens with zero attached hydrogens (tertiary/aromatic N) is 3. The summed E-state index contributed by atoms with van der Waals surface area (Å²) in [6.07, 6.45) is 0.897. The topological polar surface area (TPSA) is 44.4 Å². The molecule has 1 N–H and O–H groups in total. The summed E-state index contributed by atoms with van der Waals surface area (Å²) in [7, 11) is 2.15. The van der Waals surface area contributed by atoms with Crippen molar-refractivity contribution in [2.45, 2.75) is 13.3 Å². The van der Waals surface area contributed by atoms with E-state index >= 15 is 0 Å². The molecule has 5 nitrogen and oxygen atoms in total. The summed E-state index contributed by atoms with van der Waals surface area (Å²) >= 11 is 0. The molecule has 0 aliphatic carbocycles. The van der Waals surface area contributed by atoms with E-state index < -0.39 is 0 Å². The standard InChI is InChI=1S/C22H27FN4O/c1-16-4-6-19-20(14-16)25-22(24-19)17-5-7-21(18(23)15-17)28-13-3-8-27-11-9-26(2)10-12-27/h4-7,14-15H,3,8-13H2,1-2H3,(H,24,25). The summed E-state index contributed by atoms with van der Waals surface area (Å²) in [6, 6.07) is 11.1. The number of hydrogen-bond donors (Lipinski definition) is 1. The molecule has 1 aromatic heterocycles. The smallest absolute Gasteiger partial charge is 0.165 e. The lowest BCUT2D eigenvalue weighted by molar-refractivity contribution is 0.145. The lowest BCUT2D eigenvalue weighted by Crippen LogP contribution is -2.44. The molecule has 148 valence electrons. The summed E-state index contributed by atoms with van der Waals surface area (Å²) < 4.78 is 20.2. The lowest BCUT2D eigenvalue weighted by atomic mass is 10.2. The van der Waals surface area contributed by atoms with Crippen LogP contribution < -0.4 is 4.74 Å². The van der Waals surface area contributed by atoms with Crippen LogP contribution in [-0.2, 0) is 0 Å². The highest BCUT2D eigenvalue weighted by Gasteiger charge is 2.13. The molecule has 0 spiro atoms. The number of H-pyrrole nitrogens is 1. The summed E-state index contributed by atoms with van der Waals surface area (Å²) in [6.45, 7) is 7.96. The van der Waals surface area contributed by atoms with Crippen LogP contribution in [0.5, 0.6) is 5.75 Å². The number of likely N-dealkylation sites (N-methyl/N-ethyl adjacent to an activating group) is 1. The van der Waals surface area contributed by atoms with Gasteiger partial charge in [0.25, 0.3) is 0 Å². The van der Waals surface area contributed by atoms with E-state index in [-0.39, 0.29) is 5.82 Å². The number of piperazine rings is 1. The van der Waals surface area contributed by atoms with Crippen LogP contribution in [0.2, 0.25) is 0 Å². The van der Waals surface area contributed by atoms with Gasteiger partial charge in [-0.3, -0.25) is 0 Å². The fourth-order valence-electron chi connectivity index (χ4n) is 3.57. The number of halogens is 1. The van der Waals surface area contributed by atoms with Gasteiger partial charge in [0.2, 0.25) is 0 Å². The molecule has 2 heterocycles. The first-order valence-electron chi connectivity index (χ1n) is 9.88. The summed E-state index contributed by atoms with van der Waals surface area (Å²) in [5.41, 5.74) is 3.72. The van der Waals surface area contributed by atoms with Crippen molar-refractivity contribution in [3.63, 3.8) is 0 Å². The summed E-state index contributed by atoms with van der Waals surface area (Å²) in [4.78, 5) is 12.6. The number of benzene rings is 2. The highest BCUT2D eigenvalue weighted by atomic mass is 19.1. The van der Waals surface area contributed by atoms with Crippen LogP contribution in [0.3, 0.4) is 0 Å². The number of aryl methyl sites for hydroxylation is 1. The molecule has 6 heteroatoms. The van der Waals surface area contributed by atoms with Crippen LogP contribution in [0.1, 0.15) is 12.0 Å². The van der Waals surface area contributed by atoms with E-state index in [1.54, 1.807) is 6.07 Å². The Morgan fingerprint density at radius 3 is 2.71 bits per heavy atom. The number of nitrogens with one attached hydrogen (secondary N) is 1. The third-order valence-electron chi connectivity index (χ3n) is 5.31. The van der Waals surface area contributed by atoms with E-state index in [2.05, 4.69) is 26.8 Å². The van der Waals surface area contributed by atoms with Crippen molar-refractivity contribution >= 4 is 11.0 Å². The van der Waals surface area contributed by atoms with Crippen LogP contribution >= 0.6 is 0 Å². The second kappa shape index (κ2) is 8.29. The van der Waals surface area contributed by atoms with Gasteiger partial charge in [0, 0.05) is 38.3 Å². The second-order valence-electron chi connectivity index (χ2n) is 7.60. The molecule has 1 fully saturated rings. The highest BCUT2D eigenvalue weighted by Crippen LogP contribution is 2.26. The summed E-state index contributed by atoms with van der Waals surface area (Å²) in [5, 5.41) is 0. The summed E-state index contributed by atoms with van der Waals surface area (Å²) in [5.74, 6) is 0.615. The molecule has 1 aliphatic heterocycles. The van der Waals surface area contributed by atoms with E-state index in [1.165, 1.54) is 6.07 Å². The Morgan fingerprint density at radius 1 is 1.11 bits per heavy atom. The number of fused-ring (bicyclic) bond motifs is 1. The van der Waals surface area contributed by atoms with Gasteiger partial charge in [-0.25, -0.2) is 9.37 Å². The Morgan fingerprint density at radius 2 is 1.93 bits per heavy atom. The first kappa shape index (κ1) is 18.9. The van der Waals surface area contributed by atoms with Gasteiger partial charge in [-0.05, 0) is 56.3 Å². The van der Waals surface area contributed by atoms with Crippen LogP contribution in [0, 0.1) is 12.7 Å². The maximum atomic E-state index is 14.5. The molecule has 1 saturated heterocycles. The molecule has 0 saturated carbocycles. The zero-order valence-electron chi connectivity index (χ0n) is 16.5. The molecule has 0 unspecified atom stereocenters. The van der Waals surface area contributed by atoms with Crippen LogP contribution in [0.25, 0.3) is 22.4 Å². The lowest BCUT2D eigenvalue weighted by Gasteiger charge is -2.32. The predicted molar refractivity (Wildman–Crippen MR) is 110 cm³/mol. The third kappa shape index (κ3) is 4.34. The molecule has 0 atom stereocenters. The van der Waals surface area contributed by atoms with Gasteiger partial charge in [0.05, 0.1) is 17.6 Å². The Bertz CT molecular complexity index is 947. The number of imidazole rings is 1. The van der Waals surface area contributed by atoms with Gasteiger partial charge in [-0.2, -0.15) is 0 Å². The molecule has 3 aromatic rings. The van der Waals surface area contributed by atoms with Crippen molar-refractivity contribution in [2.24, 2.45) is 0 Å². The molecule has 1 aliphatic rings. The van der Waals surface area contributed by atoms with Crippen LogP contribution in [0.4, 0.5) is 4.39 Å². The number of aromatic amines is 1. The molecule has 0 bridgehead atoms. The Kier molecular flexibility index (Phi) is 5.59.